The molecule has 0 amide bonds. The molecule has 3 rings (SSSR count). The standard InChI is InChI=1S/C13H15NO/c1-2-6-12-10(4-1)8-13(14-12)11-5-3-7-15-9-11/h1-2,4,6,8,11,14H,3,5,7,9H2. The van der Waals surface area contributed by atoms with Crippen molar-refractivity contribution in [2.75, 3.05) is 13.2 Å². The molecule has 1 atom stereocenters. The smallest absolute Gasteiger partial charge is 0.0549 e. The topological polar surface area (TPSA) is 25.0 Å². The van der Waals surface area contributed by atoms with Crippen LogP contribution in [0.2, 0.25) is 0 Å². The summed E-state index contributed by atoms with van der Waals surface area (Å²) in [7, 11) is 0. The molecule has 78 valence electrons. The zero-order valence-corrected chi connectivity index (χ0v) is 8.70. The van der Waals surface area contributed by atoms with Crippen molar-refractivity contribution >= 4 is 10.9 Å². The fraction of sp³-hybridized carbons (Fsp3) is 0.385. The summed E-state index contributed by atoms with van der Waals surface area (Å²) in [5.74, 6) is 0.561. The maximum absolute atomic E-state index is 5.51. The molecular weight excluding hydrogens is 186 g/mol. The minimum Gasteiger partial charge on any atom is -0.381 e. The highest BCUT2D eigenvalue weighted by atomic mass is 16.5. The molecule has 0 spiro atoms. The van der Waals surface area contributed by atoms with E-state index in [1.807, 2.05) is 0 Å². The maximum atomic E-state index is 5.51. The van der Waals surface area contributed by atoms with Crippen molar-refractivity contribution in [1.82, 2.24) is 4.98 Å². The Hall–Kier alpha value is -1.28. The second kappa shape index (κ2) is 3.70. The first-order valence-corrected chi connectivity index (χ1v) is 5.59. The molecule has 1 fully saturated rings. The van der Waals surface area contributed by atoms with Gasteiger partial charge in [0, 0.05) is 23.7 Å². The summed E-state index contributed by atoms with van der Waals surface area (Å²) in [6.45, 7) is 1.80. The molecule has 1 aliphatic heterocycles. The van der Waals surface area contributed by atoms with E-state index in [1.165, 1.54) is 29.4 Å². The first-order chi connectivity index (χ1) is 7.43. The quantitative estimate of drug-likeness (QED) is 0.753. The van der Waals surface area contributed by atoms with Gasteiger partial charge in [0.25, 0.3) is 0 Å². The molecule has 2 aromatic rings. The predicted molar refractivity (Wildman–Crippen MR) is 61.1 cm³/mol. The number of fused-ring (bicyclic) bond motifs is 1. The molecule has 1 aromatic heterocycles. The van der Waals surface area contributed by atoms with Crippen LogP contribution in [0, 0.1) is 0 Å². The summed E-state index contributed by atoms with van der Waals surface area (Å²) in [4.78, 5) is 3.49. The molecule has 0 aliphatic carbocycles. The summed E-state index contributed by atoms with van der Waals surface area (Å²) >= 11 is 0. The first kappa shape index (κ1) is 8.98. The Morgan fingerprint density at radius 2 is 2.20 bits per heavy atom. The number of nitrogens with one attached hydrogen (secondary N) is 1. The molecule has 0 radical (unpaired) electrons. The van der Waals surface area contributed by atoms with E-state index in [2.05, 4.69) is 35.3 Å². The van der Waals surface area contributed by atoms with Crippen LogP contribution in [0.25, 0.3) is 10.9 Å². The molecule has 2 heterocycles. The number of H-pyrrole nitrogens is 1. The van der Waals surface area contributed by atoms with Gasteiger partial charge in [-0.3, -0.25) is 0 Å². The van der Waals surface area contributed by atoms with E-state index in [0.29, 0.717) is 5.92 Å². The molecular formula is C13H15NO. The molecule has 1 aliphatic rings. The van der Waals surface area contributed by atoms with Crippen LogP contribution in [0.4, 0.5) is 0 Å². The number of para-hydroxylation sites is 1. The first-order valence-electron chi connectivity index (χ1n) is 5.59. The number of ether oxygens (including phenoxy) is 1. The van der Waals surface area contributed by atoms with Crippen LogP contribution in [0.15, 0.2) is 30.3 Å². The number of rotatable bonds is 1. The van der Waals surface area contributed by atoms with Gasteiger partial charge in [0.1, 0.15) is 0 Å². The molecule has 1 N–H and O–H groups in total. The fourth-order valence-electron chi connectivity index (χ4n) is 2.30. The van der Waals surface area contributed by atoms with Crippen molar-refractivity contribution in [3.63, 3.8) is 0 Å². The Kier molecular flexibility index (Phi) is 2.22. The van der Waals surface area contributed by atoms with Crippen LogP contribution in [0.1, 0.15) is 24.5 Å². The van der Waals surface area contributed by atoms with Gasteiger partial charge in [0.2, 0.25) is 0 Å². The van der Waals surface area contributed by atoms with Crippen LogP contribution >= 0.6 is 0 Å². The minimum absolute atomic E-state index is 0.561. The van der Waals surface area contributed by atoms with Gasteiger partial charge in [-0.15, -0.1) is 0 Å². The SMILES string of the molecule is c1ccc2[nH]c(C3CCCOC3)cc2c1. The van der Waals surface area contributed by atoms with Gasteiger partial charge >= 0.3 is 0 Å². The summed E-state index contributed by atoms with van der Waals surface area (Å²) < 4.78 is 5.51. The highest BCUT2D eigenvalue weighted by Gasteiger charge is 2.17. The highest BCUT2D eigenvalue weighted by Crippen LogP contribution is 2.27. The molecule has 1 aromatic carbocycles. The Bertz CT molecular complexity index is 421. The van der Waals surface area contributed by atoms with Crippen LogP contribution in [-0.2, 0) is 4.74 Å². The average molecular weight is 201 g/mol. The molecule has 0 saturated carbocycles. The van der Waals surface area contributed by atoms with Crippen molar-refractivity contribution in [2.24, 2.45) is 0 Å². The van der Waals surface area contributed by atoms with Crippen molar-refractivity contribution in [2.45, 2.75) is 18.8 Å². The van der Waals surface area contributed by atoms with E-state index in [4.69, 9.17) is 4.74 Å². The summed E-state index contributed by atoms with van der Waals surface area (Å²) in [6, 6.07) is 10.7. The van der Waals surface area contributed by atoms with E-state index >= 15 is 0 Å². The highest BCUT2D eigenvalue weighted by molar-refractivity contribution is 5.80. The Labute approximate surface area is 89.3 Å². The largest absolute Gasteiger partial charge is 0.381 e. The van der Waals surface area contributed by atoms with Gasteiger partial charge in [-0.2, -0.15) is 0 Å². The summed E-state index contributed by atoms with van der Waals surface area (Å²) in [5.41, 5.74) is 2.56. The Morgan fingerprint density at radius 1 is 1.27 bits per heavy atom. The lowest BCUT2D eigenvalue weighted by Gasteiger charge is -2.20. The summed E-state index contributed by atoms with van der Waals surface area (Å²) in [5, 5.41) is 1.30. The van der Waals surface area contributed by atoms with Gasteiger partial charge < -0.3 is 9.72 Å². The average Bonchev–Trinajstić information content (AvgIpc) is 2.74. The molecule has 15 heavy (non-hydrogen) atoms. The monoisotopic (exact) mass is 201 g/mol. The lowest BCUT2D eigenvalue weighted by atomic mass is 9.99. The van der Waals surface area contributed by atoms with Gasteiger partial charge in [0.05, 0.1) is 6.61 Å². The van der Waals surface area contributed by atoms with E-state index in [9.17, 15) is 0 Å². The zero-order chi connectivity index (χ0) is 10.1. The molecule has 1 saturated heterocycles. The minimum atomic E-state index is 0.561. The molecule has 2 nitrogen and oxygen atoms in total. The van der Waals surface area contributed by atoms with Crippen molar-refractivity contribution < 1.29 is 4.74 Å². The normalized spacial score (nSPS) is 22.0. The van der Waals surface area contributed by atoms with Crippen molar-refractivity contribution in [3.8, 4) is 0 Å². The second-order valence-corrected chi connectivity index (χ2v) is 4.23. The van der Waals surface area contributed by atoms with Crippen molar-refractivity contribution in [1.29, 1.82) is 0 Å². The van der Waals surface area contributed by atoms with Crippen LogP contribution < -0.4 is 0 Å². The van der Waals surface area contributed by atoms with Gasteiger partial charge in [-0.25, -0.2) is 0 Å². The molecule has 0 bridgehead atoms. The number of aromatic amines is 1. The third-order valence-corrected chi connectivity index (χ3v) is 3.15. The van der Waals surface area contributed by atoms with Gasteiger partial charge in [-0.05, 0) is 30.4 Å². The third-order valence-electron chi connectivity index (χ3n) is 3.15. The second-order valence-electron chi connectivity index (χ2n) is 4.23. The van der Waals surface area contributed by atoms with E-state index in [0.717, 1.165) is 13.2 Å². The van der Waals surface area contributed by atoms with Crippen LogP contribution in [0.3, 0.4) is 0 Å². The predicted octanol–water partition coefficient (Wildman–Crippen LogP) is 3.06. The van der Waals surface area contributed by atoms with Crippen LogP contribution in [-0.4, -0.2) is 18.2 Å². The fourth-order valence-corrected chi connectivity index (χ4v) is 2.30. The lowest BCUT2D eigenvalue weighted by molar-refractivity contribution is 0.0795. The lowest BCUT2D eigenvalue weighted by Crippen LogP contribution is -2.15. The number of hydrogen-bond donors (Lipinski definition) is 1. The van der Waals surface area contributed by atoms with Gasteiger partial charge in [-0.1, -0.05) is 18.2 Å². The van der Waals surface area contributed by atoms with Gasteiger partial charge in [0.15, 0.2) is 0 Å². The van der Waals surface area contributed by atoms with Crippen molar-refractivity contribution in [3.05, 3.63) is 36.0 Å². The van der Waals surface area contributed by atoms with E-state index < -0.39 is 0 Å². The Morgan fingerprint density at radius 3 is 3.00 bits per heavy atom. The Balaban J connectivity index is 1.96. The number of hydrogen-bond acceptors (Lipinski definition) is 1. The van der Waals surface area contributed by atoms with E-state index in [1.54, 1.807) is 0 Å². The third kappa shape index (κ3) is 1.65. The maximum Gasteiger partial charge on any atom is 0.0549 e. The van der Waals surface area contributed by atoms with Crippen LogP contribution in [0.5, 0.6) is 0 Å². The van der Waals surface area contributed by atoms with E-state index in [-0.39, 0.29) is 0 Å². The number of aromatic nitrogens is 1. The summed E-state index contributed by atoms with van der Waals surface area (Å²) in [6.07, 6.45) is 2.42. The molecule has 1 unspecified atom stereocenters. The zero-order valence-electron chi connectivity index (χ0n) is 8.70. The number of benzene rings is 1. The molecule has 2 heteroatoms.